The molecule has 122 valence electrons. The zero-order valence-electron chi connectivity index (χ0n) is 13.2. The highest BCUT2D eigenvalue weighted by atomic mass is 16.7. The Morgan fingerprint density at radius 3 is 2.45 bits per heavy atom. The molecule has 22 heavy (non-hydrogen) atoms. The van der Waals surface area contributed by atoms with E-state index in [4.69, 9.17) is 9.47 Å². The number of hydrogen-bond donors (Lipinski definition) is 1. The predicted molar refractivity (Wildman–Crippen MR) is 82.9 cm³/mol. The van der Waals surface area contributed by atoms with Gasteiger partial charge in [-0.1, -0.05) is 0 Å². The van der Waals surface area contributed by atoms with Crippen LogP contribution in [0.1, 0.15) is 37.2 Å². The summed E-state index contributed by atoms with van der Waals surface area (Å²) in [4.78, 5) is 14.2. The van der Waals surface area contributed by atoms with Crippen LogP contribution in [0, 0.1) is 0 Å². The van der Waals surface area contributed by atoms with Crippen molar-refractivity contribution in [1.82, 2.24) is 15.5 Å². The van der Waals surface area contributed by atoms with Gasteiger partial charge in [-0.15, -0.1) is 10.2 Å². The van der Waals surface area contributed by atoms with Crippen LogP contribution in [-0.2, 0) is 9.47 Å². The van der Waals surface area contributed by atoms with Crippen LogP contribution in [0.15, 0.2) is 12.1 Å². The van der Waals surface area contributed by atoms with Gasteiger partial charge in [0, 0.05) is 26.3 Å². The summed E-state index contributed by atoms with van der Waals surface area (Å²) in [5.41, 5.74) is 0.301. The summed E-state index contributed by atoms with van der Waals surface area (Å²) < 4.78 is 10.8. The molecule has 0 saturated carbocycles. The molecule has 2 heterocycles. The van der Waals surface area contributed by atoms with E-state index < -0.39 is 6.29 Å². The zero-order chi connectivity index (χ0) is 15.8. The average Bonchev–Trinajstić information content (AvgIpc) is 3.07. The number of nitrogens with zero attached hydrogens (tertiary/aromatic N) is 3. The number of amides is 1. The molecule has 1 aromatic rings. The fourth-order valence-corrected chi connectivity index (χ4v) is 2.37. The Morgan fingerprint density at radius 2 is 1.91 bits per heavy atom. The van der Waals surface area contributed by atoms with Crippen molar-refractivity contribution in [1.29, 1.82) is 0 Å². The average molecular weight is 308 g/mol. The van der Waals surface area contributed by atoms with E-state index in [1.54, 1.807) is 6.07 Å². The quantitative estimate of drug-likeness (QED) is 0.727. The topological polar surface area (TPSA) is 76.6 Å². The standard InChI is InChI=1S/C15H24N4O3/c1-3-21-14(22-4-2)11-16-15(20)12-7-8-13(18-17-12)19-9-5-6-10-19/h7-8,14H,3-6,9-11H2,1-2H3,(H,16,20). The fourth-order valence-electron chi connectivity index (χ4n) is 2.37. The first-order chi connectivity index (χ1) is 10.7. The number of nitrogens with one attached hydrogen (secondary N) is 1. The Balaban J connectivity index is 1.86. The van der Waals surface area contributed by atoms with Crippen molar-refractivity contribution in [3.05, 3.63) is 17.8 Å². The van der Waals surface area contributed by atoms with Crippen molar-refractivity contribution in [2.45, 2.75) is 33.0 Å². The van der Waals surface area contributed by atoms with Gasteiger partial charge in [-0.25, -0.2) is 0 Å². The van der Waals surface area contributed by atoms with E-state index in [0.29, 0.717) is 18.9 Å². The highest BCUT2D eigenvalue weighted by Gasteiger charge is 2.16. The van der Waals surface area contributed by atoms with Gasteiger partial charge in [-0.05, 0) is 38.8 Å². The van der Waals surface area contributed by atoms with Gasteiger partial charge in [0.25, 0.3) is 5.91 Å². The molecule has 7 heteroatoms. The molecule has 1 aromatic heterocycles. The Kier molecular flexibility index (Phi) is 6.54. The van der Waals surface area contributed by atoms with Crippen molar-refractivity contribution in [2.24, 2.45) is 0 Å². The summed E-state index contributed by atoms with van der Waals surface area (Å²) >= 11 is 0. The van der Waals surface area contributed by atoms with Crippen LogP contribution in [0.2, 0.25) is 0 Å². The molecular formula is C15H24N4O3. The van der Waals surface area contributed by atoms with Gasteiger partial charge in [-0.3, -0.25) is 4.79 Å². The monoisotopic (exact) mass is 308 g/mol. The van der Waals surface area contributed by atoms with E-state index in [2.05, 4.69) is 20.4 Å². The molecule has 0 aliphatic carbocycles. The minimum Gasteiger partial charge on any atom is -0.355 e. The van der Waals surface area contributed by atoms with E-state index in [0.717, 1.165) is 18.9 Å². The number of anilines is 1. The molecule has 0 unspecified atom stereocenters. The smallest absolute Gasteiger partial charge is 0.271 e. The minimum atomic E-state index is -0.434. The predicted octanol–water partition coefficient (Wildman–Crippen LogP) is 1.21. The summed E-state index contributed by atoms with van der Waals surface area (Å²) in [5, 5.41) is 10.9. The highest BCUT2D eigenvalue weighted by Crippen LogP contribution is 2.16. The highest BCUT2D eigenvalue weighted by molar-refractivity contribution is 5.92. The van der Waals surface area contributed by atoms with E-state index in [9.17, 15) is 4.79 Å². The maximum absolute atomic E-state index is 12.1. The Bertz CT molecular complexity index is 454. The molecule has 1 aliphatic heterocycles. The summed E-state index contributed by atoms with van der Waals surface area (Å²) in [7, 11) is 0. The number of ether oxygens (including phenoxy) is 2. The van der Waals surface area contributed by atoms with Crippen LogP contribution in [0.4, 0.5) is 5.82 Å². The fraction of sp³-hybridized carbons (Fsp3) is 0.667. The van der Waals surface area contributed by atoms with Gasteiger partial charge in [0.2, 0.25) is 0 Å². The van der Waals surface area contributed by atoms with Gasteiger partial charge >= 0.3 is 0 Å². The SMILES string of the molecule is CCOC(CNC(=O)c1ccc(N2CCCC2)nn1)OCC. The largest absolute Gasteiger partial charge is 0.355 e. The van der Waals surface area contributed by atoms with Crippen LogP contribution >= 0.6 is 0 Å². The lowest BCUT2D eigenvalue weighted by Crippen LogP contribution is -2.36. The lowest BCUT2D eigenvalue weighted by molar-refractivity contribution is -0.131. The first kappa shape index (κ1) is 16.6. The second-order valence-electron chi connectivity index (χ2n) is 5.02. The van der Waals surface area contributed by atoms with Crippen molar-refractivity contribution < 1.29 is 14.3 Å². The normalized spacial score (nSPS) is 14.6. The minimum absolute atomic E-state index is 0.273. The van der Waals surface area contributed by atoms with Crippen molar-refractivity contribution in [3.63, 3.8) is 0 Å². The molecule has 0 atom stereocenters. The molecule has 0 radical (unpaired) electrons. The van der Waals surface area contributed by atoms with Crippen molar-refractivity contribution in [2.75, 3.05) is 37.7 Å². The van der Waals surface area contributed by atoms with Gasteiger partial charge in [0.1, 0.15) is 0 Å². The molecule has 1 N–H and O–H groups in total. The molecule has 1 aliphatic rings. The third-order valence-corrected chi connectivity index (χ3v) is 3.45. The summed E-state index contributed by atoms with van der Waals surface area (Å²) in [5.74, 6) is 0.556. The number of rotatable bonds is 8. The van der Waals surface area contributed by atoms with E-state index >= 15 is 0 Å². The number of carbonyl (C=O) groups excluding carboxylic acids is 1. The summed E-state index contributed by atoms with van der Waals surface area (Å²) in [6.45, 7) is 7.13. The number of hydrogen-bond acceptors (Lipinski definition) is 6. The van der Waals surface area contributed by atoms with Crippen LogP contribution in [0.3, 0.4) is 0 Å². The Hall–Kier alpha value is -1.73. The third kappa shape index (κ3) is 4.64. The van der Waals surface area contributed by atoms with Crippen LogP contribution in [-0.4, -0.2) is 55.2 Å². The first-order valence-electron chi connectivity index (χ1n) is 7.84. The van der Waals surface area contributed by atoms with E-state index in [1.165, 1.54) is 12.8 Å². The molecular weight excluding hydrogens is 284 g/mol. The van der Waals surface area contributed by atoms with Gasteiger partial charge in [0.15, 0.2) is 17.8 Å². The van der Waals surface area contributed by atoms with Crippen molar-refractivity contribution >= 4 is 11.7 Å². The molecule has 1 amide bonds. The van der Waals surface area contributed by atoms with Crippen LogP contribution in [0.5, 0.6) is 0 Å². The van der Waals surface area contributed by atoms with Crippen LogP contribution in [0.25, 0.3) is 0 Å². The molecule has 1 saturated heterocycles. The second-order valence-corrected chi connectivity index (χ2v) is 5.02. The summed E-state index contributed by atoms with van der Waals surface area (Å²) in [6.07, 6.45) is 1.93. The maximum atomic E-state index is 12.1. The second kappa shape index (κ2) is 8.65. The van der Waals surface area contributed by atoms with Crippen molar-refractivity contribution in [3.8, 4) is 0 Å². The number of carbonyl (C=O) groups is 1. The van der Waals surface area contributed by atoms with E-state index in [1.807, 2.05) is 19.9 Å². The lowest BCUT2D eigenvalue weighted by atomic mass is 10.3. The lowest BCUT2D eigenvalue weighted by Gasteiger charge is -2.17. The van der Waals surface area contributed by atoms with Gasteiger partial charge in [-0.2, -0.15) is 0 Å². The Morgan fingerprint density at radius 1 is 1.23 bits per heavy atom. The zero-order valence-corrected chi connectivity index (χ0v) is 13.2. The number of aromatic nitrogens is 2. The van der Waals surface area contributed by atoms with Crippen LogP contribution < -0.4 is 10.2 Å². The Labute approximate surface area is 131 Å². The van der Waals surface area contributed by atoms with Gasteiger partial charge < -0.3 is 19.7 Å². The van der Waals surface area contributed by atoms with Gasteiger partial charge in [0.05, 0.1) is 6.54 Å². The molecule has 0 aromatic carbocycles. The molecule has 1 fully saturated rings. The molecule has 0 spiro atoms. The van der Waals surface area contributed by atoms with E-state index in [-0.39, 0.29) is 12.5 Å². The first-order valence-corrected chi connectivity index (χ1v) is 7.84. The third-order valence-electron chi connectivity index (χ3n) is 3.45. The molecule has 2 rings (SSSR count). The molecule has 0 bridgehead atoms. The maximum Gasteiger partial charge on any atom is 0.271 e. The summed E-state index contributed by atoms with van der Waals surface area (Å²) in [6, 6.07) is 3.54. The molecule has 7 nitrogen and oxygen atoms in total.